The maximum atomic E-state index is 12.7. The monoisotopic (exact) mass is 415 g/mol. The molecule has 3 aromatic rings. The molecule has 6 nitrogen and oxygen atoms in total. The molecule has 0 unspecified atom stereocenters. The molecule has 2 aromatic heterocycles. The number of benzene rings is 1. The molecule has 0 spiro atoms. The van der Waals surface area contributed by atoms with Crippen molar-refractivity contribution in [2.24, 2.45) is 0 Å². The minimum absolute atomic E-state index is 0.0872. The first-order valence-corrected chi connectivity index (χ1v) is 10.7. The van der Waals surface area contributed by atoms with Gasteiger partial charge in [0, 0.05) is 22.0 Å². The van der Waals surface area contributed by atoms with Gasteiger partial charge in [-0.05, 0) is 43.9 Å². The maximum absolute atomic E-state index is 12.7. The second-order valence-corrected chi connectivity index (χ2v) is 8.95. The number of aromatic nitrogens is 2. The van der Waals surface area contributed by atoms with E-state index < -0.39 is 0 Å². The summed E-state index contributed by atoms with van der Waals surface area (Å²) in [5.74, 6) is 1.11. The molecule has 146 valence electrons. The summed E-state index contributed by atoms with van der Waals surface area (Å²) in [5.41, 5.74) is 2.04. The van der Waals surface area contributed by atoms with Gasteiger partial charge in [-0.3, -0.25) is 4.79 Å². The highest BCUT2D eigenvalue weighted by Crippen LogP contribution is 2.41. The second-order valence-electron chi connectivity index (χ2n) is 6.54. The zero-order valence-electron chi connectivity index (χ0n) is 15.9. The molecular weight excluding hydrogens is 394 g/mol. The highest BCUT2D eigenvalue weighted by molar-refractivity contribution is 8.00. The number of thioether (sulfide) groups is 1. The van der Waals surface area contributed by atoms with Crippen LogP contribution in [0.15, 0.2) is 29.6 Å². The number of nitrogens with zero attached hydrogens (tertiary/aromatic N) is 2. The van der Waals surface area contributed by atoms with Gasteiger partial charge in [-0.1, -0.05) is 11.8 Å². The number of ether oxygens (including phenoxy) is 2. The van der Waals surface area contributed by atoms with Crippen LogP contribution in [0, 0.1) is 0 Å². The van der Waals surface area contributed by atoms with Gasteiger partial charge < -0.3 is 14.8 Å². The smallest absolute Gasteiger partial charge is 0.237 e. The normalized spacial score (nSPS) is 14.0. The van der Waals surface area contributed by atoms with Gasteiger partial charge in [-0.15, -0.1) is 11.3 Å². The molecule has 0 radical (unpaired) electrons. The molecule has 0 saturated carbocycles. The molecule has 1 N–H and O–H groups in total. The zero-order chi connectivity index (χ0) is 19.7. The third kappa shape index (κ3) is 3.54. The molecule has 1 aliphatic carbocycles. The van der Waals surface area contributed by atoms with E-state index in [1.165, 1.54) is 28.6 Å². The molecule has 1 atom stereocenters. The Morgan fingerprint density at radius 2 is 2.04 bits per heavy atom. The van der Waals surface area contributed by atoms with E-state index in [0.29, 0.717) is 17.2 Å². The summed E-state index contributed by atoms with van der Waals surface area (Å²) in [6.45, 7) is 1.89. The van der Waals surface area contributed by atoms with Crippen LogP contribution in [-0.2, 0) is 17.6 Å². The molecule has 0 fully saturated rings. The quantitative estimate of drug-likeness (QED) is 0.478. The van der Waals surface area contributed by atoms with Crippen LogP contribution in [-0.4, -0.2) is 35.3 Å². The van der Waals surface area contributed by atoms with Crippen molar-refractivity contribution in [3.05, 3.63) is 35.0 Å². The number of aryl methyl sites for hydroxylation is 2. The van der Waals surface area contributed by atoms with Gasteiger partial charge in [0.05, 0.1) is 19.5 Å². The lowest BCUT2D eigenvalue weighted by molar-refractivity contribution is -0.115. The standard InChI is InChI=1S/C20H21N3O3S2/c1-11(18(24)23-12-7-8-14(25-2)15(9-12)26-3)27-19-17-13-5-4-6-16(13)28-20(17)22-10-21-19/h7-11H,4-6H2,1-3H3,(H,23,24)/t11-/m1/s1. The van der Waals surface area contributed by atoms with E-state index in [4.69, 9.17) is 9.47 Å². The van der Waals surface area contributed by atoms with Crippen molar-refractivity contribution in [2.45, 2.75) is 36.5 Å². The molecule has 28 heavy (non-hydrogen) atoms. The van der Waals surface area contributed by atoms with E-state index in [-0.39, 0.29) is 11.2 Å². The predicted molar refractivity (Wildman–Crippen MR) is 113 cm³/mol. The number of anilines is 1. The summed E-state index contributed by atoms with van der Waals surface area (Å²) < 4.78 is 10.5. The summed E-state index contributed by atoms with van der Waals surface area (Å²) >= 11 is 3.23. The lowest BCUT2D eigenvalue weighted by Gasteiger charge is -2.14. The van der Waals surface area contributed by atoms with Crippen LogP contribution in [0.5, 0.6) is 11.5 Å². The fraction of sp³-hybridized carbons (Fsp3) is 0.350. The fourth-order valence-corrected chi connectivity index (χ4v) is 5.61. The van der Waals surface area contributed by atoms with Gasteiger partial charge in [0.2, 0.25) is 5.91 Å². The molecule has 4 rings (SSSR count). The van der Waals surface area contributed by atoms with Crippen LogP contribution in [0.1, 0.15) is 23.8 Å². The van der Waals surface area contributed by atoms with Crippen molar-refractivity contribution in [1.29, 1.82) is 0 Å². The Morgan fingerprint density at radius 1 is 1.21 bits per heavy atom. The minimum Gasteiger partial charge on any atom is -0.493 e. The Morgan fingerprint density at radius 3 is 2.82 bits per heavy atom. The summed E-state index contributed by atoms with van der Waals surface area (Å²) in [4.78, 5) is 24.1. The average molecular weight is 416 g/mol. The molecule has 1 aromatic carbocycles. The molecule has 0 bridgehead atoms. The van der Waals surface area contributed by atoms with Crippen molar-refractivity contribution in [2.75, 3.05) is 19.5 Å². The summed E-state index contributed by atoms with van der Waals surface area (Å²) in [5, 5.41) is 4.67. The average Bonchev–Trinajstić information content (AvgIpc) is 3.29. The number of amides is 1. The first kappa shape index (κ1) is 19.0. The van der Waals surface area contributed by atoms with E-state index in [0.717, 1.165) is 28.1 Å². The lowest BCUT2D eigenvalue weighted by Crippen LogP contribution is -2.22. The topological polar surface area (TPSA) is 73.3 Å². The Hall–Kier alpha value is -2.32. The van der Waals surface area contributed by atoms with Crippen molar-refractivity contribution in [3.63, 3.8) is 0 Å². The highest BCUT2D eigenvalue weighted by atomic mass is 32.2. The first-order chi connectivity index (χ1) is 13.6. The minimum atomic E-state index is -0.303. The van der Waals surface area contributed by atoms with Crippen molar-refractivity contribution >= 4 is 44.9 Å². The van der Waals surface area contributed by atoms with Crippen LogP contribution in [0.2, 0.25) is 0 Å². The Bertz CT molecular complexity index is 1030. The van der Waals surface area contributed by atoms with Crippen molar-refractivity contribution in [1.82, 2.24) is 9.97 Å². The Kier molecular flexibility index (Phi) is 5.41. The molecule has 0 aliphatic heterocycles. The zero-order valence-corrected chi connectivity index (χ0v) is 17.6. The van der Waals surface area contributed by atoms with E-state index in [9.17, 15) is 4.79 Å². The van der Waals surface area contributed by atoms with Gasteiger partial charge in [0.15, 0.2) is 11.5 Å². The molecular formula is C20H21N3O3S2. The van der Waals surface area contributed by atoms with Gasteiger partial charge in [-0.25, -0.2) is 9.97 Å². The number of rotatable bonds is 6. The summed E-state index contributed by atoms with van der Waals surface area (Å²) in [7, 11) is 3.15. The van der Waals surface area contributed by atoms with E-state index in [1.807, 2.05) is 6.92 Å². The van der Waals surface area contributed by atoms with Gasteiger partial charge in [-0.2, -0.15) is 0 Å². The molecule has 2 heterocycles. The number of carbonyl (C=O) groups is 1. The van der Waals surface area contributed by atoms with E-state index in [1.54, 1.807) is 50.1 Å². The van der Waals surface area contributed by atoms with Gasteiger partial charge in [0.25, 0.3) is 0 Å². The number of hydrogen-bond acceptors (Lipinski definition) is 7. The second kappa shape index (κ2) is 7.97. The number of nitrogens with one attached hydrogen (secondary N) is 1. The van der Waals surface area contributed by atoms with Crippen molar-refractivity contribution in [3.8, 4) is 11.5 Å². The number of methoxy groups -OCH3 is 2. The number of thiophene rings is 1. The third-order valence-corrected chi connectivity index (χ3v) is 7.08. The SMILES string of the molecule is COc1ccc(NC(=O)[C@@H](C)Sc2ncnc3sc4c(c23)CCC4)cc1OC. The van der Waals surface area contributed by atoms with Crippen molar-refractivity contribution < 1.29 is 14.3 Å². The molecule has 0 saturated heterocycles. The van der Waals surface area contributed by atoms with Crippen LogP contribution in [0.4, 0.5) is 5.69 Å². The Balaban J connectivity index is 1.52. The van der Waals surface area contributed by atoms with Gasteiger partial charge in [0.1, 0.15) is 16.2 Å². The molecule has 1 amide bonds. The van der Waals surface area contributed by atoms with Crippen LogP contribution >= 0.6 is 23.1 Å². The summed E-state index contributed by atoms with van der Waals surface area (Å²) in [6, 6.07) is 5.32. The van der Waals surface area contributed by atoms with E-state index >= 15 is 0 Å². The van der Waals surface area contributed by atoms with Crippen LogP contribution in [0.3, 0.4) is 0 Å². The van der Waals surface area contributed by atoms with Crippen LogP contribution < -0.4 is 14.8 Å². The Labute approximate surface area is 171 Å². The fourth-order valence-electron chi connectivity index (χ4n) is 3.37. The molecule has 8 heteroatoms. The largest absolute Gasteiger partial charge is 0.493 e. The lowest BCUT2D eigenvalue weighted by atomic mass is 10.2. The molecule has 1 aliphatic rings. The first-order valence-electron chi connectivity index (χ1n) is 9.05. The predicted octanol–water partition coefficient (Wildman–Crippen LogP) is 4.32. The maximum Gasteiger partial charge on any atom is 0.237 e. The van der Waals surface area contributed by atoms with Crippen LogP contribution in [0.25, 0.3) is 10.2 Å². The third-order valence-electron chi connectivity index (χ3n) is 4.78. The number of fused-ring (bicyclic) bond motifs is 3. The highest BCUT2D eigenvalue weighted by Gasteiger charge is 2.24. The number of carbonyl (C=O) groups excluding carboxylic acids is 1. The van der Waals surface area contributed by atoms with Gasteiger partial charge >= 0.3 is 0 Å². The van der Waals surface area contributed by atoms with E-state index in [2.05, 4.69) is 15.3 Å². The number of hydrogen-bond donors (Lipinski definition) is 1. The summed E-state index contributed by atoms with van der Waals surface area (Å²) in [6.07, 6.45) is 4.97.